The number of amides is 1. The van der Waals surface area contributed by atoms with Crippen molar-refractivity contribution in [1.29, 1.82) is 0 Å². The number of carbonyl (C=O) groups excluding carboxylic acids is 1. The van der Waals surface area contributed by atoms with Gasteiger partial charge in [-0.25, -0.2) is 0 Å². The van der Waals surface area contributed by atoms with Crippen molar-refractivity contribution in [2.24, 2.45) is 5.92 Å². The Kier molecular flexibility index (Phi) is 5.35. The van der Waals surface area contributed by atoms with Gasteiger partial charge in [-0.3, -0.25) is 4.79 Å². The zero-order valence-corrected chi connectivity index (χ0v) is 14.8. The van der Waals surface area contributed by atoms with Crippen LogP contribution in [0.5, 0.6) is 11.5 Å². The normalized spacial score (nSPS) is 13.7. The number of carboxylic acid groups (broad SMARTS) is 1. The van der Waals surface area contributed by atoms with Gasteiger partial charge in [0.1, 0.15) is 17.6 Å². The summed E-state index contributed by atoms with van der Waals surface area (Å²) >= 11 is 0. The Morgan fingerprint density at radius 1 is 1.38 bits per heavy atom. The first-order chi connectivity index (χ1) is 12.5. The summed E-state index contributed by atoms with van der Waals surface area (Å²) in [6.45, 7) is 2.93. The summed E-state index contributed by atoms with van der Waals surface area (Å²) in [5.74, 6) is 0.891. The molecule has 140 valence electrons. The predicted octanol–water partition coefficient (Wildman–Crippen LogP) is 1.73. The number of pyridine rings is 1. The lowest BCUT2D eigenvalue weighted by atomic mass is 10.1. The molecule has 7 heteroatoms. The van der Waals surface area contributed by atoms with Crippen molar-refractivity contribution in [2.75, 3.05) is 6.61 Å². The molecule has 3 rings (SSSR count). The monoisotopic (exact) mass is 359 g/mol. The van der Waals surface area contributed by atoms with Gasteiger partial charge < -0.3 is 29.6 Å². The molecule has 0 aliphatic heterocycles. The molecule has 1 aromatic carbocycles. The van der Waals surface area contributed by atoms with E-state index in [1.807, 2.05) is 6.92 Å². The van der Waals surface area contributed by atoms with Gasteiger partial charge in [-0.05, 0) is 43.4 Å². The molecule has 0 bridgehead atoms. The van der Waals surface area contributed by atoms with Crippen molar-refractivity contribution in [2.45, 2.75) is 45.7 Å². The van der Waals surface area contributed by atoms with Crippen molar-refractivity contribution in [1.82, 2.24) is 9.88 Å². The van der Waals surface area contributed by atoms with Gasteiger partial charge in [0.2, 0.25) is 0 Å². The van der Waals surface area contributed by atoms with Crippen LogP contribution >= 0.6 is 0 Å². The average Bonchev–Trinajstić information content (AvgIpc) is 3.41. The van der Waals surface area contributed by atoms with E-state index in [0.717, 1.165) is 25.7 Å². The van der Waals surface area contributed by atoms with E-state index in [1.54, 1.807) is 10.6 Å². The molecular weight excluding hydrogens is 336 g/mol. The third-order valence-electron chi connectivity index (χ3n) is 4.59. The first-order valence-corrected chi connectivity index (χ1v) is 8.97. The number of phenolic OH excluding ortho intramolecular Hbond substituents is 1. The maximum Gasteiger partial charge on any atom is 0.258 e. The highest BCUT2D eigenvalue weighted by atomic mass is 16.5. The van der Waals surface area contributed by atoms with E-state index in [-0.39, 0.29) is 17.9 Å². The maximum absolute atomic E-state index is 13.0. The Morgan fingerprint density at radius 2 is 2.15 bits per heavy atom. The number of rotatable bonds is 8. The summed E-state index contributed by atoms with van der Waals surface area (Å²) in [4.78, 5) is 23.9. The van der Waals surface area contributed by atoms with Crippen molar-refractivity contribution >= 4 is 16.9 Å². The third kappa shape index (κ3) is 3.92. The molecule has 1 aromatic heterocycles. The summed E-state index contributed by atoms with van der Waals surface area (Å²) in [5.41, 5.74) is 0.269. The highest BCUT2D eigenvalue weighted by Crippen LogP contribution is 2.34. The second kappa shape index (κ2) is 7.68. The zero-order valence-electron chi connectivity index (χ0n) is 14.8. The quantitative estimate of drug-likeness (QED) is 0.699. The van der Waals surface area contributed by atoms with Crippen LogP contribution in [0.2, 0.25) is 0 Å². The number of nitrogens with one attached hydrogen (secondary N) is 1. The van der Waals surface area contributed by atoms with Gasteiger partial charge in [0.05, 0.1) is 24.2 Å². The van der Waals surface area contributed by atoms with Gasteiger partial charge in [-0.2, -0.15) is 0 Å². The number of aromatic hydroxyl groups is 1. The average molecular weight is 359 g/mol. The fraction of sp³-hybridized carbons (Fsp3) is 0.474. The minimum absolute atomic E-state index is 0.0241. The summed E-state index contributed by atoms with van der Waals surface area (Å²) < 4.78 is 7.56. The highest BCUT2D eigenvalue weighted by molar-refractivity contribution is 5.89. The van der Waals surface area contributed by atoms with Gasteiger partial charge >= 0.3 is 0 Å². The van der Waals surface area contributed by atoms with Gasteiger partial charge in [0, 0.05) is 11.9 Å². The molecule has 0 atom stereocenters. The number of aromatic nitrogens is 1. The molecule has 0 spiro atoms. The number of phenols is 1. The Bertz CT molecular complexity index is 870. The Hall–Kier alpha value is -2.70. The van der Waals surface area contributed by atoms with Crippen molar-refractivity contribution in [3.8, 4) is 11.5 Å². The van der Waals surface area contributed by atoms with Crippen LogP contribution < -0.4 is 20.7 Å². The fourth-order valence-corrected chi connectivity index (χ4v) is 3.02. The molecule has 1 aliphatic carbocycles. The molecule has 0 radical (unpaired) electrons. The van der Waals surface area contributed by atoms with Gasteiger partial charge in [-0.1, -0.05) is 13.3 Å². The van der Waals surface area contributed by atoms with Crippen LogP contribution in [-0.2, 0) is 13.1 Å². The van der Waals surface area contributed by atoms with Crippen LogP contribution in [0.15, 0.2) is 23.0 Å². The predicted molar refractivity (Wildman–Crippen MR) is 95.2 cm³/mol. The number of unbranched alkanes of at least 4 members (excludes halogenated alkanes) is 1. The number of benzene rings is 1. The molecule has 1 amide bonds. The SMILES string of the molecule is CCCCOc1c(CNC(=O)[O-])n(CC2CC2)c(=O)c2ccc(O)cc12. The Balaban J connectivity index is 2.17. The number of fused-ring (bicyclic) bond motifs is 1. The summed E-state index contributed by atoms with van der Waals surface area (Å²) in [7, 11) is 0. The van der Waals surface area contributed by atoms with Crippen LogP contribution in [-0.4, -0.2) is 22.4 Å². The van der Waals surface area contributed by atoms with E-state index in [1.165, 1.54) is 12.1 Å². The van der Waals surface area contributed by atoms with Gasteiger partial charge in [-0.15, -0.1) is 0 Å². The number of nitrogens with zero attached hydrogens (tertiary/aromatic N) is 1. The molecule has 1 saturated carbocycles. The van der Waals surface area contributed by atoms with E-state index in [2.05, 4.69) is 5.32 Å². The summed E-state index contributed by atoms with van der Waals surface area (Å²) in [5, 5.41) is 24.0. The minimum Gasteiger partial charge on any atom is -0.530 e. The highest BCUT2D eigenvalue weighted by Gasteiger charge is 2.26. The molecule has 7 nitrogen and oxygen atoms in total. The topological polar surface area (TPSA) is 104 Å². The lowest BCUT2D eigenvalue weighted by Gasteiger charge is -2.21. The van der Waals surface area contributed by atoms with E-state index in [0.29, 0.717) is 41.3 Å². The molecule has 2 aromatic rings. The van der Waals surface area contributed by atoms with Gasteiger partial charge in [0.25, 0.3) is 5.56 Å². The van der Waals surface area contributed by atoms with E-state index >= 15 is 0 Å². The molecule has 1 fully saturated rings. The molecule has 1 aliphatic rings. The lowest BCUT2D eigenvalue weighted by molar-refractivity contribution is -0.251. The second-order valence-electron chi connectivity index (χ2n) is 6.71. The van der Waals surface area contributed by atoms with E-state index in [9.17, 15) is 19.8 Å². The lowest BCUT2D eigenvalue weighted by Crippen LogP contribution is -2.38. The first-order valence-electron chi connectivity index (χ1n) is 8.97. The second-order valence-corrected chi connectivity index (χ2v) is 6.71. The van der Waals surface area contributed by atoms with Crippen LogP contribution in [0.25, 0.3) is 10.8 Å². The zero-order chi connectivity index (χ0) is 18.7. The summed E-state index contributed by atoms with van der Waals surface area (Å²) in [6.07, 6.45) is 2.47. The van der Waals surface area contributed by atoms with E-state index in [4.69, 9.17) is 4.74 Å². The third-order valence-corrected chi connectivity index (χ3v) is 4.59. The number of hydrogen-bond acceptors (Lipinski definition) is 5. The van der Waals surface area contributed by atoms with Crippen LogP contribution in [0.4, 0.5) is 4.79 Å². The Labute approximate surface area is 151 Å². The van der Waals surface area contributed by atoms with Crippen LogP contribution in [0.3, 0.4) is 0 Å². The number of carbonyl (C=O) groups is 1. The standard InChI is InChI=1S/C19H24N2O5/c1-2-3-8-26-17-15-9-13(22)6-7-14(15)18(23)21(11-12-4-5-12)16(17)10-20-19(24)25/h6-7,9,12,20,22H,2-5,8,10-11H2,1H3,(H,24,25)/p-1. The number of ether oxygens (including phenoxy) is 1. The van der Waals surface area contributed by atoms with Crippen molar-refractivity contribution in [3.05, 3.63) is 34.2 Å². The van der Waals surface area contributed by atoms with Crippen LogP contribution in [0.1, 0.15) is 38.3 Å². The molecular formula is C19H23N2O5-. The molecule has 2 N–H and O–H groups in total. The smallest absolute Gasteiger partial charge is 0.258 e. The molecule has 0 saturated heterocycles. The molecule has 0 unspecified atom stereocenters. The fourth-order valence-electron chi connectivity index (χ4n) is 3.02. The van der Waals surface area contributed by atoms with Crippen molar-refractivity contribution < 1.29 is 19.7 Å². The Morgan fingerprint density at radius 3 is 2.81 bits per heavy atom. The summed E-state index contributed by atoms with van der Waals surface area (Å²) in [6, 6.07) is 4.54. The molecule has 1 heterocycles. The van der Waals surface area contributed by atoms with E-state index < -0.39 is 6.09 Å². The largest absolute Gasteiger partial charge is 0.530 e. The molecule has 26 heavy (non-hydrogen) atoms. The number of hydrogen-bond donors (Lipinski definition) is 2. The van der Waals surface area contributed by atoms with Gasteiger partial charge in [0.15, 0.2) is 0 Å². The van der Waals surface area contributed by atoms with Crippen molar-refractivity contribution in [3.63, 3.8) is 0 Å². The maximum atomic E-state index is 13.0. The first kappa shape index (κ1) is 18.1. The van der Waals surface area contributed by atoms with Crippen LogP contribution in [0, 0.1) is 5.92 Å². The minimum atomic E-state index is -1.41.